The lowest BCUT2D eigenvalue weighted by Gasteiger charge is -2.35. The molecule has 3 fully saturated rings. The summed E-state index contributed by atoms with van der Waals surface area (Å²) in [6, 6.07) is 0.804. The summed E-state index contributed by atoms with van der Waals surface area (Å²) in [6.45, 7) is 8.35. The zero-order chi connectivity index (χ0) is 13.9. The fourth-order valence-electron chi connectivity index (χ4n) is 3.95. The van der Waals surface area contributed by atoms with Gasteiger partial charge in [-0.05, 0) is 38.3 Å². The average Bonchev–Trinajstić information content (AvgIpc) is 2.81. The third-order valence-corrected chi connectivity index (χ3v) is 5.59. The van der Waals surface area contributed by atoms with E-state index in [1.165, 1.54) is 32.2 Å². The van der Waals surface area contributed by atoms with Gasteiger partial charge in [-0.1, -0.05) is 19.8 Å². The van der Waals surface area contributed by atoms with Gasteiger partial charge in [0.15, 0.2) is 0 Å². The van der Waals surface area contributed by atoms with E-state index in [1.54, 1.807) is 0 Å². The van der Waals surface area contributed by atoms with Crippen LogP contribution in [0.1, 0.15) is 39.0 Å². The number of rotatable bonds is 3. The summed E-state index contributed by atoms with van der Waals surface area (Å²) in [5, 5.41) is 3.28. The van der Waals surface area contributed by atoms with Crippen molar-refractivity contribution in [3.8, 4) is 0 Å². The summed E-state index contributed by atoms with van der Waals surface area (Å²) < 4.78 is 0. The van der Waals surface area contributed by atoms with Crippen LogP contribution in [0, 0.1) is 11.8 Å². The molecule has 20 heavy (non-hydrogen) atoms. The van der Waals surface area contributed by atoms with Gasteiger partial charge in [0, 0.05) is 38.1 Å². The summed E-state index contributed by atoms with van der Waals surface area (Å²) in [7, 11) is 0. The van der Waals surface area contributed by atoms with Crippen LogP contribution < -0.4 is 5.32 Å². The van der Waals surface area contributed by atoms with Gasteiger partial charge in [-0.3, -0.25) is 9.69 Å². The van der Waals surface area contributed by atoms with Crippen LogP contribution in [-0.2, 0) is 4.79 Å². The molecule has 1 amide bonds. The van der Waals surface area contributed by atoms with Crippen molar-refractivity contribution in [2.45, 2.75) is 45.1 Å². The van der Waals surface area contributed by atoms with Crippen molar-refractivity contribution in [1.29, 1.82) is 0 Å². The summed E-state index contributed by atoms with van der Waals surface area (Å²) >= 11 is 0. The third-order valence-electron chi connectivity index (χ3n) is 5.59. The van der Waals surface area contributed by atoms with E-state index < -0.39 is 0 Å². The van der Waals surface area contributed by atoms with E-state index in [9.17, 15) is 4.79 Å². The quantitative estimate of drug-likeness (QED) is 0.846. The van der Waals surface area contributed by atoms with Crippen LogP contribution >= 0.6 is 0 Å². The molecule has 0 radical (unpaired) electrons. The van der Waals surface area contributed by atoms with Gasteiger partial charge in [0.2, 0.25) is 5.91 Å². The lowest BCUT2D eigenvalue weighted by molar-refractivity contribution is -0.137. The van der Waals surface area contributed by atoms with Crippen LogP contribution in [0.2, 0.25) is 0 Å². The molecule has 114 valence electrons. The summed E-state index contributed by atoms with van der Waals surface area (Å²) in [5.74, 6) is 1.16. The normalized spacial score (nSPS) is 28.1. The van der Waals surface area contributed by atoms with E-state index in [2.05, 4.69) is 22.0 Å². The predicted molar refractivity (Wildman–Crippen MR) is 80.5 cm³/mol. The summed E-state index contributed by atoms with van der Waals surface area (Å²) in [6.07, 6.45) is 6.69. The molecule has 3 rings (SSSR count). The topological polar surface area (TPSA) is 35.6 Å². The minimum absolute atomic E-state index is 0.203. The first kappa shape index (κ1) is 14.3. The Morgan fingerprint density at radius 2 is 1.80 bits per heavy atom. The molecule has 1 atom stereocenters. The van der Waals surface area contributed by atoms with Crippen molar-refractivity contribution in [1.82, 2.24) is 15.1 Å². The molecule has 0 spiro atoms. The highest BCUT2D eigenvalue weighted by Gasteiger charge is 2.33. The van der Waals surface area contributed by atoms with E-state index in [0.29, 0.717) is 11.8 Å². The zero-order valence-corrected chi connectivity index (χ0v) is 12.8. The van der Waals surface area contributed by atoms with E-state index in [-0.39, 0.29) is 5.92 Å². The molecule has 0 bridgehead atoms. The maximum atomic E-state index is 12.6. The Balaban J connectivity index is 1.52. The third kappa shape index (κ3) is 3.01. The molecule has 3 aliphatic rings. The second kappa shape index (κ2) is 6.44. The van der Waals surface area contributed by atoms with Crippen molar-refractivity contribution in [2.24, 2.45) is 11.8 Å². The Morgan fingerprint density at radius 1 is 1.05 bits per heavy atom. The maximum Gasteiger partial charge on any atom is 0.225 e. The number of carbonyl (C=O) groups is 1. The second-order valence-corrected chi connectivity index (χ2v) is 6.86. The Kier molecular flexibility index (Phi) is 4.61. The number of nitrogens with one attached hydrogen (secondary N) is 1. The Morgan fingerprint density at radius 3 is 2.45 bits per heavy atom. The molecule has 1 unspecified atom stereocenters. The average molecular weight is 279 g/mol. The molecular formula is C16H29N3O. The van der Waals surface area contributed by atoms with Gasteiger partial charge in [-0.25, -0.2) is 0 Å². The highest BCUT2D eigenvalue weighted by molar-refractivity contribution is 5.79. The SMILES string of the molecule is CC(C(=O)N1CCCN(C2CCCC2)CC1)C1CNC1. The zero-order valence-electron chi connectivity index (χ0n) is 12.8. The summed E-state index contributed by atoms with van der Waals surface area (Å²) in [4.78, 5) is 17.4. The maximum absolute atomic E-state index is 12.6. The molecule has 0 aromatic carbocycles. The Bertz CT molecular complexity index is 337. The molecule has 4 nitrogen and oxygen atoms in total. The fourth-order valence-corrected chi connectivity index (χ4v) is 3.95. The molecule has 2 heterocycles. The lowest BCUT2D eigenvalue weighted by Crippen LogP contribution is -2.51. The van der Waals surface area contributed by atoms with Crippen LogP contribution in [-0.4, -0.2) is 61.0 Å². The van der Waals surface area contributed by atoms with Gasteiger partial charge < -0.3 is 10.2 Å². The minimum atomic E-state index is 0.203. The minimum Gasteiger partial charge on any atom is -0.341 e. The molecule has 1 N–H and O–H groups in total. The number of amides is 1. The van der Waals surface area contributed by atoms with Gasteiger partial charge in [0.05, 0.1) is 0 Å². The first-order chi connectivity index (χ1) is 9.75. The largest absolute Gasteiger partial charge is 0.341 e. The van der Waals surface area contributed by atoms with Crippen molar-refractivity contribution < 1.29 is 4.79 Å². The first-order valence-corrected chi connectivity index (χ1v) is 8.49. The molecule has 0 aromatic heterocycles. The number of hydrogen-bond donors (Lipinski definition) is 1. The number of hydrogen-bond acceptors (Lipinski definition) is 3. The number of carbonyl (C=O) groups excluding carboxylic acids is 1. The van der Waals surface area contributed by atoms with Crippen molar-refractivity contribution >= 4 is 5.91 Å². The van der Waals surface area contributed by atoms with E-state index in [1.807, 2.05) is 0 Å². The van der Waals surface area contributed by atoms with E-state index in [4.69, 9.17) is 0 Å². The molecular weight excluding hydrogens is 250 g/mol. The predicted octanol–water partition coefficient (Wildman–Crippen LogP) is 1.32. The van der Waals surface area contributed by atoms with E-state index >= 15 is 0 Å². The van der Waals surface area contributed by atoms with Gasteiger partial charge in [0.1, 0.15) is 0 Å². The second-order valence-electron chi connectivity index (χ2n) is 6.86. The van der Waals surface area contributed by atoms with Gasteiger partial charge in [-0.15, -0.1) is 0 Å². The van der Waals surface area contributed by atoms with Crippen LogP contribution in [0.4, 0.5) is 0 Å². The smallest absolute Gasteiger partial charge is 0.225 e. The van der Waals surface area contributed by atoms with Crippen molar-refractivity contribution in [2.75, 3.05) is 39.3 Å². The van der Waals surface area contributed by atoms with Crippen LogP contribution in [0.3, 0.4) is 0 Å². The molecule has 2 aliphatic heterocycles. The lowest BCUT2D eigenvalue weighted by atomic mass is 9.88. The molecule has 0 aromatic rings. The van der Waals surface area contributed by atoms with Gasteiger partial charge in [-0.2, -0.15) is 0 Å². The number of nitrogens with zero attached hydrogens (tertiary/aromatic N) is 2. The highest BCUT2D eigenvalue weighted by atomic mass is 16.2. The standard InChI is InChI=1S/C16H29N3O/c1-13(14-11-17-12-14)16(20)19-8-4-7-18(9-10-19)15-5-2-3-6-15/h13-15,17H,2-12H2,1H3. The fraction of sp³-hybridized carbons (Fsp3) is 0.938. The molecule has 4 heteroatoms. The molecule has 1 aliphatic carbocycles. The van der Waals surface area contributed by atoms with Gasteiger partial charge >= 0.3 is 0 Å². The van der Waals surface area contributed by atoms with Crippen molar-refractivity contribution in [3.63, 3.8) is 0 Å². The van der Waals surface area contributed by atoms with E-state index in [0.717, 1.165) is 45.2 Å². The molecule has 1 saturated carbocycles. The Hall–Kier alpha value is -0.610. The monoisotopic (exact) mass is 279 g/mol. The Labute approximate surface area is 122 Å². The van der Waals surface area contributed by atoms with Crippen LogP contribution in [0.25, 0.3) is 0 Å². The highest BCUT2D eigenvalue weighted by Crippen LogP contribution is 2.25. The van der Waals surface area contributed by atoms with Crippen LogP contribution in [0.5, 0.6) is 0 Å². The summed E-state index contributed by atoms with van der Waals surface area (Å²) in [5.41, 5.74) is 0. The molecule has 2 saturated heterocycles. The van der Waals surface area contributed by atoms with Crippen molar-refractivity contribution in [3.05, 3.63) is 0 Å². The van der Waals surface area contributed by atoms with Crippen LogP contribution in [0.15, 0.2) is 0 Å². The van der Waals surface area contributed by atoms with Gasteiger partial charge in [0.25, 0.3) is 0 Å². The first-order valence-electron chi connectivity index (χ1n) is 8.49.